The van der Waals surface area contributed by atoms with Gasteiger partial charge in [0.2, 0.25) is 0 Å². The van der Waals surface area contributed by atoms with Crippen LogP contribution >= 0.6 is 0 Å². The quantitative estimate of drug-likeness (QED) is 0.411. The minimum atomic E-state index is -0.417. The molecule has 0 aliphatic heterocycles. The summed E-state index contributed by atoms with van der Waals surface area (Å²) in [6.07, 6.45) is -1.67. The Morgan fingerprint density at radius 1 is 0.348 bits per heavy atom. The van der Waals surface area contributed by atoms with E-state index in [0.29, 0.717) is 0 Å². The fourth-order valence-electron chi connectivity index (χ4n) is 0. The van der Waals surface area contributed by atoms with Gasteiger partial charge in [-0.25, -0.2) is 0 Å². The maximum Gasteiger partial charge on any atom is 4.00 e. The molecule has 0 heterocycles. The fraction of sp³-hybridized carbons (Fsp3) is 1.00. The first kappa shape index (κ1) is 73.7. The summed E-state index contributed by atoms with van der Waals surface area (Å²) in [7, 11) is 0. The van der Waals surface area contributed by atoms with Gasteiger partial charge in [-0.3, -0.25) is 0 Å². The first-order chi connectivity index (χ1) is 6.93. The van der Waals surface area contributed by atoms with E-state index in [1.54, 1.807) is 55.4 Å². The van der Waals surface area contributed by atoms with Crippen molar-refractivity contribution in [1.29, 1.82) is 0 Å². The minimum absolute atomic E-state index is 0. The molecule has 0 unspecified atom stereocenters. The summed E-state index contributed by atoms with van der Waals surface area (Å²) in [6, 6.07) is 0. The molecule has 8 nitrogen and oxygen atoms in total. The normalized spacial score (nSPS) is 6.26. The number of hydrogen-bond donors (Lipinski definition) is 0. The molecular weight excluding hydrogens is 416 g/mol. The molecule has 0 aliphatic rings. The van der Waals surface area contributed by atoms with Crippen LogP contribution in [0, 0.1) is 0 Å². The van der Waals surface area contributed by atoms with Crippen molar-refractivity contribution in [3.63, 3.8) is 0 Å². The second kappa shape index (κ2) is 64.9. The Morgan fingerprint density at radius 2 is 0.348 bits per heavy atom. The van der Waals surface area contributed by atoms with Crippen LogP contribution in [0.1, 0.15) is 55.4 Å². The second-order valence-electron chi connectivity index (χ2n) is 4.20. The Balaban J connectivity index is -0.00000000842. The van der Waals surface area contributed by atoms with Gasteiger partial charge < -0.3 is 42.3 Å². The summed E-state index contributed by atoms with van der Waals surface area (Å²) in [4.78, 5) is 0. The monoisotopic (exact) mass is 444 g/mol. The SMILES string of the molecule is CC(C)[O-].CC(C)[O-].CC(C)[O-].CC(C)[O-].[O-2].[O-2].[O-2].[O-2].[Ti+4].[Ti+4].[Ti+4]. The molecular formula is C12H28O8Ti3. The van der Waals surface area contributed by atoms with Gasteiger partial charge in [-0.1, -0.05) is 55.4 Å². The van der Waals surface area contributed by atoms with Gasteiger partial charge in [-0.2, -0.15) is 0 Å². The van der Waals surface area contributed by atoms with Gasteiger partial charge in [0.25, 0.3) is 0 Å². The molecule has 0 amide bonds. The van der Waals surface area contributed by atoms with Crippen molar-refractivity contribution < 1.29 is 107 Å². The molecule has 0 fully saturated rings. The largest absolute Gasteiger partial charge is 4.00 e. The van der Waals surface area contributed by atoms with Crippen LogP contribution in [0.5, 0.6) is 0 Å². The zero-order valence-corrected chi connectivity index (χ0v) is 19.8. The summed E-state index contributed by atoms with van der Waals surface area (Å²) in [5.41, 5.74) is 0. The fourth-order valence-corrected chi connectivity index (χ4v) is 0. The average Bonchev–Trinajstić information content (AvgIpc) is 1.76. The standard InChI is InChI=1S/4C3H7O.4O.3Ti/c4*1-3(2)4;;;;;;;/h4*3H,1-2H3;;;;;;;/q4*-1;4*-2;3*+4. The minimum Gasteiger partial charge on any atom is -2.00 e. The summed E-state index contributed by atoms with van der Waals surface area (Å²) < 4.78 is 0. The first-order valence-corrected chi connectivity index (χ1v) is 5.56. The van der Waals surface area contributed by atoms with E-state index in [1.807, 2.05) is 0 Å². The van der Waals surface area contributed by atoms with Crippen molar-refractivity contribution in [2.75, 3.05) is 0 Å². The van der Waals surface area contributed by atoms with Gasteiger partial charge in [0.15, 0.2) is 0 Å². The third-order valence-electron chi connectivity index (χ3n) is 0. The number of hydrogen-bond acceptors (Lipinski definition) is 4. The van der Waals surface area contributed by atoms with E-state index < -0.39 is 24.4 Å². The molecule has 0 saturated heterocycles. The summed E-state index contributed by atoms with van der Waals surface area (Å²) in [5.74, 6) is 0. The third kappa shape index (κ3) is 3410. The van der Waals surface area contributed by atoms with E-state index in [9.17, 15) is 20.4 Å². The molecule has 136 valence electrons. The summed E-state index contributed by atoms with van der Waals surface area (Å²) in [5, 5.41) is 38.1. The molecule has 0 aromatic carbocycles. The number of rotatable bonds is 0. The van der Waals surface area contributed by atoms with E-state index in [4.69, 9.17) is 0 Å². The third-order valence-corrected chi connectivity index (χ3v) is 0. The van der Waals surface area contributed by atoms with E-state index in [2.05, 4.69) is 0 Å². The molecule has 0 spiro atoms. The molecule has 0 bridgehead atoms. The van der Waals surface area contributed by atoms with E-state index in [1.165, 1.54) is 0 Å². The maximum absolute atomic E-state index is 9.53. The van der Waals surface area contributed by atoms with Crippen LogP contribution < -0.4 is 20.4 Å². The van der Waals surface area contributed by atoms with Crippen molar-refractivity contribution in [3.05, 3.63) is 0 Å². The van der Waals surface area contributed by atoms with Gasteiger partial charge in [-0.15, -0.1) is 24.4 Å². The molecule has 0 aliphatic carbocycles. The Hall–Kier alpha value is 1.82. The molecule has 0 aromatic rings. The first-order valence-electron chi connectivity index (χ1n) is 5.56. The average molecular weight is 444 g/mol. The van der Waals surface area contributed by atoms with Gasteiger partial charge in [0.1, 0.15) is 0 Å². The van der Waals surface area contributed by atoms with E-state index >= 15 is 0 Å². The molecule has 0 atom stereocenters. The van der Waals surface area contributed by atoms with Gasteiger partial charge >= 0.3 is 65.2 Å². The van der Waals surface area contributed by atoms with Crippen LogP contribution in [0.3, 0.4) is 0 Å². The van der Waals surface area contributed by atoms with E-state index in [-0.39, 0.29) is 87.1 Å². The van der Waals surface area contributed by atoms with Crippen molar-refractivity contribution in [1.82, 2.24) is 0 Å². The van der Waals surface area contributed by atoms with Crippen LogP contribution in [0.15, 0.2) is 0 Å². The van der Waals surface area contributed by atoms with Crippen molar-refractivity contribution in [2.45, 2.75) is 79.8 Å². The van der Waals surface area contributed by atoms with Crippen LogP contribution in [0.4, 0.5) is 0 Å². The molecule has 0 rings (SSSR count). The zero-order valence-electron chi connectivity index (χ0n) is 15.1. The van der Waals surface area contributed by atoms with Gasteiger partial charge in [0, 0.05) is 0 Å². The van der Waals surface area contributed by atoms with Crippen LogP contribution in [0.2, 0.25) is 0 Å². The molecule has 23 heavy (non-hydrogen) atoms. The Kier molecular flexibility index (Phi) is 208. The summed E-state index contributed by atoms with van der Waals surface area (Å²) >= 11 is 0. The predicted molar refractivity (Wildman–Crippen MR) is 63.3 cm³/mol. The molecule has 0 N–H and O–H groups in total. The van der Waals surface area contributed by atoms with Crippen molar-refractivity contribution in [2.24, 2.45) is 0 Å². The Bertz CT molecular complexity index is 75.3. The Morgan fingerprint density at radius 3 is 0.348 bits per heavy atom. The van der Waals surface area contributed by atoms with Crippen LogP contribution in [-0.4, -0.2) is 24.4 Å². The molecule has 11 heteroatoms. The van der Waals surface area contributed by atoms with Gasteiger partial charge in [-0.05, 0) is 0 Å². The van der Waals surface area contributed by atoms with Crippen LogP contribution in [0.25, 0.3) is 0 Å². The van der Waals surface area contributed by atoms with Crippen LogP contribution in [-0.2, 0) is 87.1 Å². The van der Waals surface area contributed by atoms with Crippen molar-refractivity contribution >= 4 is 0 Å². The van der Waals surface area contributed by atoms with E-state index in [0.717, 1.165) is 0 Å². The van der Waals surface area contributed by atoms with Gasteiger partial charge in [0.05, 0.1) is 0 Å². The van der Waals surface area contributed by atoms with Crippen molar-refractivity contribution in [3.8, 4) is 0 Å². The zero-order chi connectivity index (χ0) is 14.3. The molecule has 0 saturated carbocycles. The second-order valence-corrected chi connectivity index (χ2v) is 4.20. The topological polar surface area (TPSA) is 206 Å². The Labute approximate surface area is 186 Å². The predicted octanol–water partition coefficient (Wildman–Crippen LogP) is -1.46. The molecule has 0 radical (unpaired) electrons. The smallest absolute Gasteiger partial charge is 2.00 e. The maximum atomic E-state index is 9.53. The summed E-state index contributed by atoms with van der Waals surface area (Å²) in [6.45, 7) is 12.9. The molecule has 0 aromatic heterocycles.